The topological polar surface area (TPSA) is 80.0 Å². The number of carbonyl (C=O) groups is 1. The van der Waals surface area contributed by atoms with E-state index in [-0.39, 0.29) is 11.9 Å². The van der Waals surface area contributed by atoms with Crippen LogP contribution in [-0.2, 0) is 16.9 Å². The second-order valence-electron chi connectivity index (χ2n) is 7.62. The Morgan fingerprint density at radius 3 is 2.81 bits per heavy atom. The minimum Gasteiger partial charge on any atom is -0.332 e. The molecule has 1 saturated heterocycles. The molecule has 1 atom stereocenters. The summed E-state index contributed by atoms with van der Waals surface area (Å²) < 4.78 is 1.62. The quantitative estimate of drug-likeness (QED) is 0.807. The third-order valence-corrected chi connectivity index (χ3v) is 4.85. The maximum atomic E-state index is 13.4. The van der Waals surface area contributed by atoms with E-state index in [1.165, 1.54) is 6.33 Å². The second kappa shape index (κ2) is 7.11. The predicted molar refractivity (Wildman–Crippen MR) is 97.2 cm³/mol. The number of amides is 1. The number of aromatic nitrogens is 5. The van der Waals surface area contributed by atoms with Crippen LogP contribution in [0.15, 0.2) is 18.9 Å². The van der Waals surface area contributed by atoms with E-state index in [0.717, 1.165) is 43.0 Å². The molecule has 1 amide bonds. The fraction of sp³-hybridized carbons (Fsp3) is 0.611. The van der Waals surface area contributed by atoms with Crippen LogP contribution in [0, 0.1) is 6.92 Å². The van der Waals surface area contributed by atoms with Gasteiger partial charge in [-0.2, -0.15) is 5.10 Å². The SMILES string of the molecule is Cc1ncc(CN(C)C)c([C@H]2CCCN2C(=O)C(C)(C)n2cncn2)n1. The molecule has 2 aromatic rings. The van der Waals surface area contributed by atoms with Gasteiger partial charge in [-0.1, -0.05) is 0 Å². The highest BCUT2D eigenvalue weighted by atomic mass is 16.2. The van der Waals surface area contributed by atoms with Crippen LogP contribution in [0.4, 0.5) is 0 Å². The Hall–Kier alpha value is -2.35. The fourth-order valence-corrected chi connectivity index (χ4v) is 3.50. The van der Waals surface area contributed by atoms with E-state index < -0.39 is 5.54 Å². The molecule has 1 fully saturated rings. The van der Waals surface area contributed by atoms with Crippen LogP contribution in [0.3, 0.4) is 0 Å². The first-order valence-electron chi connectivity index (χ1n) is 8.94. The van der Waals surface area contributed by atoms with E-state index in [1.807, 2.05) is 46.0 Å². The molecule has 8 heteroatoms. The zero-order valence-electron chi connectivity index (χ0n) is 16.2. The normalized spacial score (nSPS) is 17.9. The first kappa shape index (κ1) is 18.4. The number of hydrogen-bond acceptors (Lipinski definition) is 6. The molecule has 0 aromatic carbocycles. The van der Waals surface area contributed by atoms with E-state index in [9.17, 15) is 4.79 Å². The van der Waals surface area contributed by atoms with Crippen LogP contribution in [0.2, 0.25) is 0 Å². The summed E-state index contributed by atoms with van der Waals surface area (Å²) >= 11 is 0. The summed E-state index contributed by atoms with van der Waals surface area (Å²) in [6.45, 7) is 7.13. The van der Waals surface area contributed by atoms with Gasteiger partial charge in [-0.25, -0.2) is 19.6 Å². The van der Waals surface area contributed by atoms with E-state index >= 15 is 0 Å². The van der Waals surface area contributed by atoms with Gasteiger partial charge in [0.2, 0.25) is 0 Å². The van der Waals surface area contributed by atoms with E-state index in [4.69, 9.17) is 4.98 Å². The number of carbonyl (C=O) groups excluding carboxylic acids is 1. The molecular weight excluding hydrogens is 330 g/mol. The summed E-state index contributed by atoms with van der Waals surface area (Å²) in [5, 5.41) is 4.17. The molecule has 0 spiro atoms. The van der Waals surface area contributed by atoms with Crippen LogP contribution in [0.1, 0.15) is 49.8 Å². The molecule has 0 radical (unpaired) electrons. The summed E-state index contributed by atoms with van der Waals surface area (Å²) in [5.74, 6) is 0.773. The Morgan fingerprint density at radius 2 is 2.15 bits per heavy atom. The lowest BCUT2D eigenvalue weighted by atomic mass is 10.0. The second-order valence-corrected chi connectivity index (χ2v) is 7.62. The third-order valence-electron chi connectivity index (χ3n) is 4.85. The smallest absolute Gasteiger partial charge is 0.250 e. The van der Waals surface area contributed by atoms with Crippen molar-refractivity contribution in [2.75, 3.05) is 20.6 Å². The summed E-state index contributed by atoms with van der Waals surface area (Å²) in [4.78, 5) is 30.5. The maximum absolute atomic E-state index is 13.4. The first-order chi connectivity index (χ1) is 12.3. The lowest BCUT2D eigenvalue weighted by Crippen LogP contribution is -2.47. The third kappa shape index (κ3) is 3.46. The standard InChI is InChI=1S/C18H27N7O/c1-13-20-9-14(10-23(4)5)16(22-13)15-7-6-8-24(15)17(26)18(2,3)25-12-19-11-21-25/h9,11-12,15H,6-8,10H2,1-5H3/t15-/m1/s1. The number of rotatable bonds is 5. The Balaban J connectivity index is 1.94. The zero-order valence-corrected chi connectivity index (χ0v) is 16.2. The molecule has 3 heterocycles. The van der Waals surface area contributed by atoms with Gasteiger partial charge < -0.3 is 9.80 Å². The van der Waals surface area contributed by atoms with E-state index in [2.05, 4.69) is 20.0 Å². The van der Waals surface area contributed by atoms with Crippen LogP contribution in [0.5, 0.6) is 0 Å². The molecule has 8 nitrogen and oxygen atoms in total. The van der Waals surface area contributed by atoms with Crippen LogP contribution < -0.4 is 0 Å². The van der Waals surface area contributed by atoms with Crippen LogP contribution >= 0.6 is 0 Å². The number of nitrogens with zero attached hydrogens (tertiary/aromatic N) is 7. The Bertz CT molecular complexity index is 770. The molecule has 1 aliphatic rings. The van der Waals surface area contributed by atoms with Crippen molar-refractivity contribution in [2.24, 2.45) is 0 Å². The Kier molecular flexibility index (Phi) is 5.04. The predicted octanol–water partition coefficient (Wildman–Crippen LogP) is 1.54. The van der Waals surface area contributed by atoms with Crippen molar-refractivity contribution in [3.8, 4) is 0 Å². The summed E-state index contributed by atoms with van der Waals surface area (Å²) in [5.41, 5.74) is 1.25. The largest absolute Gasteiger partial charge is 0.332 e. The van der Waals surface area contributed by atoms with Gasteiger partial charge in [0.05, 0.1) is 11.7 Å². The van der Waals surface area contributed by atoms with Gasteiger partial charge in [0, 0.05) is 24.8 Å². The summed E-state index contributed by atoms with van der Waals surface area (Å²) in [7, 11) is 4.05. The maximum Gasteiger partial charge on any atom is 0.250 e. The molecule has 0 aliphatic carbocycles. The fourth-order valence-electron chi connectivity index (χ4n) is 3.50. The molecule has 1 aliphatic heterocycles. The Labute approximate surface area is 154 Å². The molecular formula is C18H27N7O. The monoisotopic (exact) mass is 357 g/mol. The van der Waals surface area contributed by atoms with E-state index in [0.29, 0.717) is 0 Å². The number of hydrogen-bond donors (Lipinski definition) is 0. The molecule has 26 heavy (non-hydrogen) atoms. The van der Waals surface area contributed by atoms with Gasteiger partial charge in [0.1, 0.15) is 24.0 Å². The molecule has 3 rings (SSSR count). The summed E-state index contributed by atoms with van der Waals surface area (Å²) in [6.07, 6.45) is 6.82. The molecule has 0 unspecified atom stereocenters. The average Bonchev–Trinajstić information content (AvgIpc) is 3.27. The van der Waals surface area contributed by atoms with Crippen molar-refractivity contribution in [1.82, 2.24) is 34.5 Å². The van der Waals surface area contributed by atoms with Gasteiger partial charge in [-0.05, 0) is 47.7 Å². The van der Waals surface area contributed by atoms with Crippen molar-refractivity contribution in [1.29, 1.82) is 0 Å². The van der Waals surface area contributed by atoms with Crippen LogP contribution in [-0.4, -0.2) is 61.1 Å². The molecule has 140 valence electrons. The van der Waals surface area contributed by atoms with E-state index in [1.54, 1.807) is 11.0 Å². The minimum atomic E-state index is -0.789. The zero-order chi connectivity index (χ0) is 18.9. The van der Waals surface area contributed by atoms with Crippen molar-refractivity contribution >= 4 is 5.91 Å². The minimum absolute atomic E-state index is 0.0260. The molecule has 0 bridgehead atoms. The van der Waals surface area contributed by atoms with Gasteiger partial charge >= 0.3 is 0 Å². The number of aryl methyl sites for hydroxylation is 1. The number of likely N-dealkylation sites (tertiary alicyclic amines) is 1. The highest BCUT2D eigenvalue weighted by Crippen LogP contribution is 2.35. The lowest BCUT2D eigenvalue weighted by molar-refractivity contribution is -0.140. The highest BCUT2D eigenvalue weighted by molar-refractivity contribution is 5.84. The van der Waals surface area contributed by atoms with Crippen molar-refractivity contribution in [3.63, 3.8) is 0 Å². The van der Waals surface area contributed by atoms with Crippen LogP contribution in [0.25, 0.3) is 0 Å². The highest BCUT2D eigenvalue weighted by Gasteiger charge is 2.41. The van der Waals surface area contributed by atoms with Gasteiger partial charge in [0.25, 0.3) is 5.91 Å². The lowest BCUT2D eigenvalue weighted by Gasteiger charge is -2.33. The molecule has 2 aromatic heterocycles. The Morgan fingerprint density at radius 1 is 1.38 bits per heavy atom. The summed E-state index contributed by atoms with van der Waals surface area (Å²) in [6, 6.07) is -0.0260. The molecule has 0 N–H and O–H groups in total. The van der Waals surface area contributed by atoms with Crippen molar-refractivity contribution < 1.29 is 4.79 Å². The van der Waals surface area contributed by atoms with Crippen molar-refractivity contribution in [3.05, 3.63) is 35.9 Å². The average molecular weight is 357 g/mol. The van der Waals surface area contributed by atoms with Gasteiger partial charge in [-0.15, -0.1) is 0 Å². The van der Waals surface area contributed by atoms with Crippen molar-refractivity contribution in [2.45, 2.75) is 51.7 Å². The first-order valence-corrected chi connectivity index (χ1v) is 8.94. The van der Waals surface area contributed by atoms with Gasteiger partial charge in [-0.3, -0.25) is 4.79 Å². The molecule has 0 saturated carbocycles. The van der Waals surface area contributed by atoms with Gasteiger partial charge in [0.15, 0.2) is 0 Å².